The van der Waals surface area contributed by atoms with Gasteiger partial charge in [-0.1, -0.05) is 31.0 Å². The molecule has 1 fully saturated rings. The SMILES string of the molecule is CC1=NC(F)=C(c2ccc3c(c2)CC(CC2CC2)C(=O)C3)C1. The van der Waals surface area contributed by atoms with Crippen LogP contribution in [0.3, 0.4) is 0 Å². The van der Waals surface area contributed by atoms with Crippen LogP contribution in [0.5, 0.6) is 0 Å². The van der Waals surface area contributed by atoms with Crippen LogP contribution in [0.2, 0.25) is 0 Å². The van der Waals surface area contributed by atoms with Gasteiger partial charge < -0.3 is 0 Å². The zero-order valence-electron chi connectivity index (χ0n) is 12.9. The van der Waals surface area contributed by atoms with Gasteiger partial charge in [0.25, 0.3) is 0 Å². The predicted octanol–water partition coefficient (Wildman–Crippen LogP) is 4.27. The smallest absolute Gasteiger partial charge is 0.216 e. The Bertz CT molecular complexity index is 712. The van der Waals surface area contributed by atoms with Gasteiger partial charge in [0.1, 0.15) is 5.78 Å². The molecule has 2 nitrogen and oxygen atoms in total. The first-order valence-corrected chi connectivity index (χ1v) is 8.18. The molecule has 22 heavy (non-hydrogen) atoms. The van der Waals surface area contributed by atoms with E-state index in [4.69, 9.17) is 0 Å². The van der Waals surface area contributed by atoms with Crippen molar-refractivity contribution in [1.82, 2.24) is 0 Å². The Morgan fingerprint density at radius 1 is 1.23 bits per heavy atom. The van der Waals surface area contributed by atoms with Gasteiger partial charge >= 0.3 is 0 Å². The molecule has 1 atom stereocenters. The number of carbonyl (C=O) groups excluding carboxylic acids is 1. The summed E-state index contributed by atoms with van der Waals surface area (Å²) in [4.78, 5) is 16.2. The van der Waals surface area contributed by atoms with Gasteiger partial charge in [0, 0.05) is 30.0 Å². The molecule has 3 heteroatoms. The van der Waals surface area contributed by atoms with Crippen molar-refractivity contribution in [3.8, 4) is 0 Å². The molecule has 0 bridgehead atoms. The van der Waals surface area contributed by atoms with E-state index in [9.17, 15) is 9.18 Å². The summed E-state index contributed by atoms with van der Waals surface area (Å²) in [5.41, 5.74) is 4.80. The maximum Gasteiger partial charge on any atom is 0.216 e. The van der Waals surface area contributed by atoms with Crippen molar-refractivity contribution >= 4 is 17.1 Å². The lowest BCUT2D eigenvalue weighted by molar-refractivity contribution is -0.123. The second-order valence-electron chi connectivity index (χ2n) is 7.00. The fourth-order valence-corrected chi connectivity index (χ4v) is 3.68. The molecule has 1 aromatic rings. The number of aliphatic imine (C=N–C) groups is 1. The first-order valence-electron chi connectivity index (χ1n) is 8.18. The number of hydrogen-bond acceptors (Lipinski definition) is 2. The van der Waals surface area contributed by atoms with Gasteiger partial charge in [-0.25, -0.2) is 4.99 Å². The summed E-state index contributed by atoms with van der Waals surface area (Å²) >= 11 is 0. The van der Waals surface area contributed by atoms with Crippen LogP contribution in [0.15, 0.2) is 29.1 Å². The topological polar surface area (TPSA) is 29.4 Å². The lowest BCUT2D eigenvalue weighted by Gasteiger charge is -2.24. The predicted molar refractivity (Wildman–Crippen MR) is 85.4 cm³/mol. The number of nitrogens with zero attached hydrogens (tertiary/aromatic N) is 1. The Morgan fingerprint density at radius 2 is 2.05 bits per heavy atom. The van der Waals surface area contributed by atoms with Crippen LogP contribution >= 0.6 is 0 Å². The van der Waals surface area contributed by atoms with Gasteiger partial charge in [-0.2, -0.15) is 4.39 Å². The second-order valence-corrected chi connectivity index (χ2v) is 7.00. The quantitative estimate of drug-likeness (QED) is 0.766. The van der Waals surface area contributed by atoms with Gasteiger partial charge in [-0.3, -0.25) is 4.79 Å². The number of rotatable bonds is 3. The fourth-order valence-electron chi connectivity index (χ4n) is 3.68. The Kier molecular flexibility index (Phi) is 3.24. The number of carbonyl (C=O) groups is 1. The highest BCUT2D eigenvalue weighted by molar-refractivity contribution is 5.97. The minimum Gasteiger partial charge on any atom is -0.299 e. The molecule has 0 amide bonds. The second kappa shape index (κ2) is 5.15. The van der Waals surface area contributed by atoms with E-state index in [0.717, 1.165) is 35.6 Å². The maximum atomic E-state index is 13.9. The Morgan fingerprint density at radius 3 is 2.73 bits per heavy atom. The number of hydrogen-bond donors (Lipinski definition) is 0. The van der Waals surface area contributed by atoms with Gasteiger partial charge in [-0.05, 0) is 42.4 Å². The minimum atomic E-state index is -0.348. The van der Waals surface area contributed by atoms with E-state index in [2.05, 4.69) is 11.1 Å². The molecule has 2 aliphatic carbocycles. The fraction of sp³-hybridized carbons (Fsp3) is 0.474. The molecule has 0 saturated heterocycles. The van der Waals surface area contributed by atoms with Crippen LogP contribution in [0.1, 0.15) is 49.3 Å². The summed E-state index contributed by atoms with van der Waals surface area (Å²) in [6, 6.07) is 6.03. The van der Waals surface area contributed by atoms with Crippen LogP contribution in [-0.2, 0) is 17.6 Å². The molecule has 0 aromatic heterocycles. The Labute approximate surface area is 130 Å². The molecule has 4 rings (SSSR count). The molecule has 3 aliphatic rings. The number of fused-ring (bicyclic) bond motifs is 1. The van der Waals surface area contributed by atoms with Gasteiger partial charge in [0.2, 0.25) is 5.95 Å². The number of halogens is 1. The van der Waals surface area contributed by atoms with Crippen LogP contribution in [-0.4, -0.2) is 11.5 Å². The van der Waals surface area contributed by atoms with Crippen LogP contribution < -0.4 is 0 Å². The third-order valence-corrected chi connectivity index (χ3v) is 5.13. The summed E-state index contributed by atoms with van der Waals surface area (Å²) in [6.45, 7) is 1.86. The minimum absolute atomic E-state index is 0.177. The highest BCUT2D eigenvalue weighted by Gasteiger charge is 2.32. The van der Waals surface area contributed by atoms with Gasteiger partial charge in [0.05, 0.1) is 0 Å². The normalized spacial score (nSPS) is 24.5. The van der Waals surface area contributed by atoms with E-state index in [1.54, 1.807) is 0 Å². The summed E-state index contributed by atoms with van der Waals surface area (Å²) in [7, 11) is 0. The largest absolute Gasteiger partial charge is 0.299 e. The zero-order chi connectivity index (χ0) is 15.3. The molecular formula is C19H20FNO. The maximum absolute atomic E-state index is 13.9. The van der Waals surface area contributed by atoms with Crippen molar-refractivity contribution in [3.63, 3.8) is 0 Å². The summed E-state index contributed by atoms with van der Waals surface area (Å²) in [6.07, 6.45) is 5.57. The third kappa shape index (κ3) is 2.53. The van der Waals surface area contributed by atoms with Crippen LogP contribution in [0, 0.1) is 11.8 Å². The average molecular weight is 297 g/mol. The molecular weight excluding hydrogens is 277 g/mol. The summed E-state index contributed by atoms with van der Waals surface area (Å²) in [5, 5.41) is 0. The van der Waals surface area contributed by atoms with Crippen molar-refractivity contribution in [2.24, 2.45) is 16.8 Å². The molecule has 1 heterocycles. The molecule has 0 N–H and O–H groups in total. The number of allylic oxidation sites excluding steroid dienone is 1. The number of Topliss-reactive ketones (excluding diaryl/α,β-unsaturated/α-hetero) is 1. The van der Waals surface area contributed by atoms with Crippen LogP contribution in [0.4, 0.5) is 4.39 Å². The first kappa shape index (κ1) is 13.9. The van der Waals surface area contributed by atoms with Crippen molar-refractivity contribution in [1.29, 1.82) is 0 Å². The van der Waals surface area contributed by atoms with Crippen molar-refractivity contribution in [2.75, 3.05) is 0 Å². The van der Waals surface area contributed by atoms with E-state index in [0.29, 0.717) is 24.2 Å². The van der Waals surface area contributed by atoms with E-state index < -0.39 is 0 Å². The van der Waals surface area contributed by atoms with Crippen molar-refractivity contribution < 1.29 is 9.18 Å². The molecule has 1 saturated carbocycles. The molecule has 1 aromatic carbocycles. The summed E-state index contributed by atoms with van der Waals surface area (Å²) in [5.74, 6) is 0.983. The molecule has 0 spiro atoms. The Hall–Kier alpha value is -1.77. The number of ketones is 1. The highest BCUT2D eigenvalue weighted by Crippen LogP contribution is 2.39. The lowest BCUT2D eigenvalue weighted by Crippen LogP contribution is -2.26. The standard InChI is InChI=1S/C19H20FNO/c1-11-6-17(19(20)21-11)14-5-4-13-10-18(22)16(7-12-2-3-12)9-15(13)8-14/h4-5,8,12,16H,2-3,6-7,9-10H2,1H3. The van der Waals surface area contributed by atoms with Crippen LogP contribution in [0.25, 0.3) is 5.57 Å². The number of benzene rings is 1. The monoisotopic (exact) mass is 297 g/mol. The molecule has 1 unspecified atom stereocenters. The third-order valence-electron chi connectivity index (χ3n) is 5.13. The lowest BCUT2D eigenvalue weighted by atomic mass is 9.79. The van der Waals surface area contributed by atoms with E-state index in [1.165, 1.54) is 18.4 Å². The molecule has 1 aliphatic heterocycles. The molecule has 114 valence electrons. The summed E-state index contributed by atoms with van der Waals surface area (Å²) < 4.78 is 13.9. The first-order chi connectivity index (χ1) is 10.6. The van der Waals surface area contributed by atoms with Gasteiger partial charge in [-0.15, -0.1) is 0 Å². The average Bonchev–Trinajstić information content (AvgIpc) is 3.23. The Balaban J connectivity index is 1.61. The van der Waals surface area contributed by atoms with Crippen molar-refractivity contribution in [2.45, 2.75) is 45.4 Å². The van der Waals surface area contributed by atoms with E-state index in [1.807, 2.05) is 19.1 Å². The van der Waals surface area contributed by atoms with E-state index in [-0.39, 0.29) is 11.9 Å². The van der Waals surface area contributed by atoms with E-state index >= 15 is 0 Å². The zero-order valence-corrected chi connectivity index (χ0v) is 12.9. The highest BCUT2D eigenvalue weighted by atomic mass is 19.1. The van der Waals surface area contributed by atoms with Gasteiger partial charge in [0.15, 0.2) is 0 Å². The molecule has 0 radical (unpaired) electrons. The van der Waals surface area contributed by atoms with Crippen molar-refractivity contribution in [3.05, 3.63) is 40.8 Å².